The van der Waals surface area contributed by atoms with Crippen LogP contribution in [0.1, 0.15) is 32.6 Å². The lowest BCUT2D eigenvalue weighted by Gasteiger charge is -2.05. The maximum atomic E-state index is 8.49. The number of hydrogen-bond donors (Lipinski definition) is 1. The first-order chi connectivity index (χ1) is 4.81. The van der Waals surface area contributed by atoms with Crippen LogP contribution in [-0.4, -0.2) is 16.1 Å². The van der Waals surface area contributed by atoms with Gasteiger partial charge >= 0.3 is 0 Å². The van der Waals surface area contributed by atoms with Gasteiger partial charge in [0, 0.05) is 11.0 Å². The van der Waals surface area contributed by atoms with E-state index in [1.807, 2.05) is 0 Å². The fraction of sp³-hybridized carbons (Fsp3) is 1.00. The number of alkyl halides is 1. The highest BCUT2D eigenvalue weighted by Gasteiger charge is 1.97. The summed E-state index contributed by atoms with van der Waals surface area (Å²) in [6.45, 7) is 2.64. The predicted octanol–water partition coefficient (Wildman–Crippen LogP) is 2.61. The van der Waals surface area contributed by atoms with Crippen LogP contribution in [0.15, 0.2) is 0 Å². The second kappa shape index (κ2) is 7.79. The summed E-state index contributed by atoms with van der Waals surface area (Å²) in [5.74, 6) is 0.860. The minimum atomic E-state index is 0.360. The Morgan fingerprint density at radius 3 is 2.50 bits per heavy atom. The molecule has 1 nitrogen and oxygen atoms in total. The van der Waals surface area contributed by atoms with Gasteiger partial charge in [0.1, 0.15) is 0 Å². The van der Waals surface area contributed by atoms with Crippen LogP contribution in [0.4, 0.5) is 0 Å². The highest BCUT2D eigenvalue weighted by atomic mass is 127. The van der Waals surface area contributed by atoms with Crippen molar-refractivity contribution >= 4 is 22.6 Å². The van der Waals surface area contributed by atoms with Crippen LogP contribution in [0.25, 0.3) is 0 Å². The van der Waals surface area contributed by atoms with E-state index in [0.29, 0.717) is 6.61 Å². The molecule has 10 heavy (non-hydrogen) atoms. The van der Waals surface area contributed by atoms with Crippen LogP contribution < -0.4 is 0 Å². The molecule has 0 fully saturated rings. The van der Waals surface area contributed by atoms with Crippen LogP contribution in [0.3, 0.4) is 0 Å². The van der Waals surface area contributed by atoms with Crippen molar-refractivity contribution in [1.82, 2.24) is 0 Å². The lowest BCUT2D eigenvalue weighted by molar-refractivity contribution is 0.281. The van der Waals surface area contributed by atoms with E-state index in [9.17, 15) is 0 Å². The third-order valence-electron chi connectivity index (χ3n) is 1.62. The molecule has 0 heterocycles. The van der Waals surface area contributed by atoms with Crippen LogP contribution in [-0.2, 0) is 0 Å². The first-order valence-corrected chi connectivity index (χ1v) is 5.50. The zero-order chi connectivity index (χ0) is 7.82. The molecule has 0 saturated heterocycles. The molecule has 1 atom stereocenters. The van der Waals surface area contributed by atoms with Crippen molar-refractivity contribution in [2.45, 2.75) is 32.6 Å². The fourth-order valence-corrected chi connectivity index (χ4v) is 1.30. The van der Waals surface area contributed by atoms with Gasteiger partial charge in [-0.3, -0.25) is 0 Å². The summed E-state index contributed by atoms with van der Waals surface area (Å²) in [5, 5.41) is 8.49. The molecule has 1 unspecified atom stereocenters. The molecule has 0 aromatic rings. The van der Waals surface area contributed by atoms with Gasteiger partial charge in [-0.15, -0.1) is 0 Å². The number of aliphatic hydroxyl groups is 1. The Morgan fingerprint density at radius 1 is 1.30 bits per heavy atom. The van der Waals surface area contributed by atoms with E-state index in [2.05, 4.69) is 29.5 Å². The van der Waals surface area contributed by atoms with Crippen molar-refractivity contribution in [3.8, 4) is 0 Å². The van der Waals surface area contributed by atoms with E-state index in [4.69, 9.17) is 5.11 Å². The zero-order valence-corrected chi connectivity index (χ0v) is 8.80. The largest absolute Gasteiger partial charge is 0.396 e. The molecule has 0 rings (SSSR count). The number of aliphatic hydroxyl groups excluding tert-OH is 1. The number of halogens is 1. The summed E-state index contributed by atoms with van der Waals surface area (Å²) in [6.07, 6.45) is 4.78. The molecule has 0 aromatic heterocycles. The van der Waals surface area contributed by atoms with Gasteiger partial charge in [0.05, 0.1) is 0 Å². The Morgan fingerprint density at radius 2 is 2.00 bits per heavy atom. The fourth-order valence-electron chi connectivity index (χ4n) is 0.859. The van der Waals surface area contributed by atoms with Gasteiger partial charge in [-0.05, 0) is 18.8 Å². The lowest BCUT2D eigenvalue weighted by Crippen LogP contribution is -1.95. The first kappa shape index (κ1) is 10.7. The summed E-state index contributed by atoms with van der Waals surface area (Å²) < 4.78 is 1.26. The minimum absolute atomic E-state index is 0.360. The van der Waals surface area contributed by atoms with Gasteiger partial charge in [0.25, 0.3) is 0 Å². The standard InChI is InChI=1S/C8H17IO/c1-8(7-9)5-3-2-4-6-10/h8,10H,2-7H2,1H3. The molecule has 0 bridgehead atoms. The van der Waals surface area contributed by atoms with Crippen LogP contribution in [0.5, 0.6) is 0 Å². The molecule has 0 saturated carbocycles. The van der Waals surface area contributed by atoms with Crippen LogP contribution in [0.2, 0.25) is 0 Å². The molecule has 62 valence electrons. The zero-order valence-electron chi connectivity index (χ0n) is 6.65. The molecule has 0 aromatic carbocycles. The van der Waals surface area contributed by atoms with Crippen molar-refractivity contribution in [3.05, 3.63) is 0 Å². The van der Waals surface area contributed by atoms with E-state index >= 15 is 0 Å². The third kappa shape index (κ3) is 6.81. The van der Waals surface area contributed by atoms with Crippen molar-refractivity contribution in [3.63, 3.8) is 0 Å². The Kier molecular flexibility index (Phi) is 8.33. The minimum Gasteiger partial charge on any atom is -0.396 e. The molecular formula is C8H17IO. The Hall–Kier alpha value is 0.690. The Bertz CT molecular complexity index is 66.3. The van der Waals surface area contributed by atoms with Gasteiger partial charge in [0.15, 0.2) is 0 Å². The van der Waals surface area contributed by atoms with Crippen molar-refractivity contribution in [2.24, 2.45) is 5.92 Å². The monoisotopic (exact) mass is 256 g/mol. The van der Waals surface area contributed by atoms with Crippen molar-refractivity contribution in [2.75, 3.05) is 11.0 Å². The molecule has 0 amide bonds. The van der Waals surface area contributed by atoms with Crippen LogP contribution >= 0.6 is 22.6 Å². The van der Waals surface area contributed by atoms with Gasteiger partial charge in [-0.1, -0.05) is 42.4 Å². The predicted molar refractivity (Wildman–Crippen MR) is 53.6 cm³/mol. The summed E-state index contributed by atoms with van der Waals surface area (Å²) in [5.41, 5.74) is 0. The van der Waals surface area contributed by atoms with Crippen molar-refractivity contribution in [1.29, 1.82) is 0 Å². The van der Waals surface area contributed by atoms with E-state index in [1.54, 1.807) is 0 Å². The maximum Gasteiger partial charge on any atom is 0.0431 e. The highest BCUT2D eigenvalue weighted by Crippen LogP contribution is 2.11. The third-order valence-corrected chi connectivity index (χ3v) is 3.12. The molecule has 0 spiro atoms. The first-order valence-electron chi connectivity index (χ1n) is 3.98. The molecule has 0 radical (unpaired) electrons. The highest BCUT2D eigenvalue weighted by molar-refractivity contribution is 14.1. The Balaban J connectivity index is 2.89. The SMILES string of the molecule is CC(CI)CCCCCO. The molecular weight excluding hydrogens is 239 g/mol. The average Bonchev–Trinajstić information content (AvgIpc) is 1.98. The molecule has 2 heteroatoms. The van der Waals surface area contributed by atoms with E-state index < -0.39 is 0 Å². The van der Waals surface area contributed by atoms with Gasteiger partial charge in [0.2, 0.25) is 0 Å². The lowest BCUT2D eigenvalue weighted by atomic mass is 10.1. The quantitative estimate of drug-likeness (QED) is 0.440. The smallest absolute Gasteiger partial charge is 0.0431 e. The average molecular weight is 256 g/mol. The number of hydrogen-bond acceptors (Lipinski definition) is 1. The number of unbranched alkanes of at least 4 members (excludes halogenated alkanes) is 2. The molecule has 1 N–H and O–H groups in total. The Labute approximate surface area is 77.3 Å². The number of rotatable bonds is 6. The van der Waals surface area contributed by atoms with Crippen molar-refractivity contribution < 1.29 is 5.11 Å². The molecule has 0 aliphatic heterocycles. The summed E-state index contributed by atoms with van der Waals surface area (Å²) in [6, 6.07) is 0. The van der Waals surface area contributed by atoms with Gasteiger partial charge in [-0.25, -0.2) is 0 Å². The maximum absolute atomic E-state index is 8.49. The summed E-state index contributed by atoms with van der Waals surface area (Å²) >= 11 is 2.43. The summed E-state index contributed by atoms with van der Waals surface area (Å²) in [4.78, 5) is 0. The van der Waals surface area contributed by atoms with Gasteiger partial charge < -0.3 is 5.11 Å². The van der Waals surface area contributed by atoms with E-state index in [0.717, 1.165) is 12.3 Å². The second-order valence-corrected chi connectivity index (χ2v) is 3.71. The molecule has 0 aliphatic carbocycles. The normalized spacial score (nSPS) is 13.5. The second-order valence-electron chi connectivity index (χ2n) is 2.83. The van der Waals surface area contributed by atoms with Crippen LogP contribution in [0, 0.1) is 5.92 Å². The van der Waals surface area contributed by atoms with E-state index in [1.165, 1.54) is 23.7 Å². The summed E-state index contributed by atoms with van der Waals surface area (Å²) in [7, 11) is 0. The van der Waals surface area contributed by atoms with E-state index in [-0.39, 0.29) is 0 Å². The van der Waals surface area contributed by atoms with Gasteiger partial charge in [-0.2, -0.15) is 0 Å². The topological polar surface area (TPSA) is 20.2 Å². The molecule has 0 aliphatic rings.